The average molecular weight is 250 g/mol. The molecule has 0 spiro atoms. The van der Waals surface area contributed by atoms with Crippen molar-refractivity contribution in [2.24, 2.45) is 0 Å². The molecule has 0 radical (unpaired) electrons. The maximum atomic E-state index is 12.2. The molecule has 2 heterocycles. The molecule has 4 nitrogen and oxygen atoms in total. The molecular weight excluding hydrogens is 228 g/mol. The summed E-state index contributed by atoms with van der Waals surface area (Å²) in [4.78, 5) is 17.4. The number of likely N-dealkylation sites (tertiary alicyclic amines) is 1. The average Bonchev–Trinajstić information content (AvgIpc) is 2.56. The number of hydrogen-bond acceptors (Lipinski definition) is 3. The van der Waals surface area contributed by atoms with Gasteiger partial charge in [-0.3, -0.25) is 9.69 Å². The third-order valence-electron chi connectivity index (χ3n) is 3.57. The molecule has 100 valence electrons. The summed E-state index contributed by atoms with van der Waals surface area (Å²) in [6.07, 6.45) is 1.77. The van der Waals surface area contributed by atoms with Gasteiger partial charge in [0.15, 0.2) is 5.78 Å². The van der Waals surface area contributed by atoms with E-state index in [0.29, 0.717) is 13.1 Å². The number of carbonyl (C=O) groups is 1. The fourth-order valence-electron chi connectivity index (χ4n) is 2.76. The van der Waals surface area contributed by atoms with Crippen molar-refractivity contribution < 1.29 is 9.90 Å². The van der Waals surface area contributed by atoms with E-state index in [4.69, 9.17) is 0 Å². The first-order valence-electron chi connectivity index (χ1n) is 6.51. The Balaban J connectivity index is 2.01. The van der Waals surface area contributed by atoms with Crippen molar-refractivity contribution in [1.82, 2.24) is 9.88 Å². The van der Waals surface area contributed by atoms with E-state index in [0.717, 1.165) is 36.3 Å². The number of Topliss-reactive ketones (excluding diaryl/α,β-unsaturated/α-hetero) is 1. The zero-order valence-corrected chi connectivity index (χ0v) is 11.4. The normalized spacial score (nSPS) is 25.3. The van der Waals surface area contributed by atoms with E-state index in [2.05, 4.69) is 4.98 Å². The Morgan fingerprint density at radius 1 is 1.56 bits per heavy atom. The fraction of sp³-hybridized carbons (Fsp3) is 0.643. The van der Waals surface area contributed by atoms with Crippen LogP contribution >= 0.6 is 0 Å². The summed E-state index contributed by atoms with van der Waals surface area (Å²) in [6, 6.07) is 1.90. The number of rotatable bonds is 3. The molecule has 0 aromatic carbocycles. The van der Waals surface area contributed by atoms with Crippen LogP contribution in [0.15, 0.2) is 6.07 Å². The maximum Gasteiger partial charge on any atom is 0.178 e. The number of piperidine rings is 1. The fourth-order valence-corrected chi connectivity index (χ4v) is 2.76. The number of β-amino-alcohol motifs (C(OH)–C–C–N with tert-alkyl or cyclic N) is 1. The summed E-state index contributed by atoms with van der Waals surface area (Å²) in [5.41, 5.74) is 2.07. The number of hydrogen-bond donors (Lipinski definition) is 2. The lowest BCUT2D eigenvalue weighted by Crippen LogP contribution is -2.47. The number of aryl methyl sites for hydroxylation is 2. The number of aromatic amines is 1. The van der Waals surface area contributed by atoms with Crippen LogP contribution in [0.5, 0.6) is 0 Å². The van der Waals surface area contributed by atoms with Gasteiger partial charge in [-0.2, -0.15) is 0 Å². The molecule has 4 heteroatoms. The highest BCUT2D eigenvalue weighted by Crippen LogP contribution is 2.20. The van der Waals surface area contributed by atoms with Crippen LogP contribution in [-0.2, 0) is 0 Å². The summed E-state index contributed by atoms with van der Waals surface area (Å²) < 4.78 is 0. The molecule has 1 unspecified atom stereocenters. The van der Waals surface area contributed by atoms with E-state index < -0.39 is 5.60 Å². The molecule has 1 aliphatic rings. The molecule has 0 aliphatic carbocycles. The molecule has 1 saturated heterocycles. The number of nitrogens with one attached hydrogen (secondary N) is 1. The van der Waals surface area contributed by atoms with Gasteiger partial charge in [0.25, 0.3) is 0 Å². The highest BCUT2D eigenvalue weighted by atomic mass is 16.3. The van der Waals surface area contributed by atoms with Gasteiger partial charge in [-0.05, 0) is 46.2 Å². The summed E-state index contributed by atoms with van der Waals surface area (Å²) in [6.45, 7) is 7.59. The second-order valence-corrected chi connectivity index (χ2v) is 5.73. The first kappa shape index (κ1) is 13.3. The Kier molecular flexibility index (Phi) is 3.59. The van der Waals surface area contributed by atoms with Gasteiger partial charge in [-0.1, -0.05) is 0 Å². The van der Waals surface area contributed by atoms with Gasteiger partial charge in [0.2, 0.25) is 0 Å². The standard InChI is InChI=1S/C14H22N2O2/c1-10-7-12(11(2)15-10)13(17)8-16-6-4-5-14(3,18)9-16/h7,15,18H,4-6,8-9H2,1-3H3. The first-order chi connectivity index (χ1) is 8.37. The Hall–Kier alpha value is -1.13. The monoisotopic (exact) mass is 250 g/mol. The lowest BCUT2D eigenvalue weighted by molar-refractivity contribution is -0.0132. The van der Waals surface area contributed by atoms with E-state index in [9.17, 15) is 9.90 Å². The lowest BCUT2D eigenvalue weighted by atomic mass is 9.95. The van der Waals surface area contributed by atoms with Gasteiger partial charge in [0, 0.05) is 23.5 Å². The zero-order chi connectivity index (χ0) is 13.3. The predicted octanol–water partition coefficient (Wildman–Crippen LogP) is 1.66. The van der Waals surface area contributed by atoms with Gasteiger partial charge in [0.05, 0.1) is 12.1 Å². The Labute approximate surface area is 108 Å². The van der Waals surface area contributed by atoms with E-state index >= 15 is 0 Å². The van der Waals surface area contributed by atoms with E-state index in [1.165, 1.54) is 0 Å². The van der Waals surface area contributed by atoms with Crippen molar-refractivity contribution in [2.75, 3.05) is 19.6 Å². The van der Waals surface area contributed by atoms with Gasteiger partial charge < -0.3 is 10.1 Å². The molecule has 1 aliphatic heterocycles. The lowest BCUT2D eigenvalue weighted by Gasteiger charge is -2.36. The number of ketones is 1. The quantitative estimate of drug-likeness (QED) is 0.802. The molecule has 1 aromatic rings. The number of nitrogens with zero attached hydrogens (tertiary/aromatic N) is 1. The molecule has 1 aromatic heterocycles. The van der Waals surface area contributed by atoms with Crippen LogP contribution in [0.3, 0.4) is 0 Å². The molecular formula is C14H22N2O2. The molecule has 0 bridgehead atoms. The molecule has 2 N–H and O–H groups in total. The Morgan fingerprint density at radius 3 is 2.83 bits per heavy atom. The first-order valence-corrected chi connectivity index (χ1v) is 6.51. The number of aromatic nitrogens is 1. The van der Waals surface area contributed by atoms with Crippen molar-refractivity contribution in [2.45, 2.75) is 39.2 Å². The van der Waals surface area contributed by atoms with Crippen molar-refractivity contribution in [3.8, 4) is 0 Å². The third-order valence-corrected chi connectivity index (χ3v) is 3.57. The smallest absolute Gasteiger partial charge is 0.178 e. The van der Waals surface area contributed by atoms with Crippen LogP contribution in [-0.4, -0.2) is 46.0 Å². The minimum absolute atomic E-state index is 0.134. The van der Waals surface area contributed by atoms with E-state index in [1.807, 2.05) is 31.7 Å². The number of H-pyrrole nitrogens is 1. The highest BCUT2D eigenvalue weighted by Gasteiger charge is 2.29. The summed E-state index contributed by atoms with van der Waals surface area (Å²) >= 11 is 0. The molecule has 2 rings (SSSR count). The predicted molar refractivity (Wildman–Crippen MR) is 70.9 cm³/mol. The number of aliphatic hydroxyl groups is 1. The topological polar surface area (TPSA) is 56.3 Å². The molecule has 1 atom stereocenters. The van der Waals surface area contributed by atoms with Crippen LogP contribution in [0.4, 0.5) is 0 Å². The van der Waals surface area contributed by atoms with Crippen molar-refractivity contribution in [1.29, 1.82) is 0 Å². The summed E-state index contributed by atoms with van der Waals surface area (Å²) in [5, 5.41) is 10.0. The minimum Gasteiger partial charge on any atom is -0.389 e. The second kappa shape index (κ2) is 4.86. The van der Waals surface area contributed by atoms with Crippen LogP contribution in [0.2, 0.25) is 0 Å². The highest BCUT2D eigenvalue weighted by molar-refractivity contribution is 5.98. The van der Waals surface area contributed by atoms with Gasteiger partial charge in [-0.15, -0.1) is 0 Å². The zero-order valence-electron chi connectivity index (χ0n) is 11.4. The van der Waals surface area contributed by atoms with Crippen molar-refractivity contribution >= 4 is 5.78 Å². The third kappa shape index (κ3) is 3.00. The maximum absolute atomic E-state index is 12.2. The van der Waals surface area contributed by atoms with E-state index in [-0.39, 0.29) is 5.78 Å². The minimum atomic E-state index is -0.651. The molecule has 0 amide bonds. The van der Waals surface area contributed by atoms with Gasteiger partial charge >= 0.3 is 0 Å². The molecule has 1 fully saturated rings. The largest absolute Gasteiger partial charge is 0.389 e. The van der Waals surface area contributed by atoms with Gasteiger partial charge in [0.1, 0.15) is 0 Å². The summed E-state index contributed by atoms with van der Waals surface area (Å²) in [7, 11) is 0. The summed E-state index contributed by atoms with van der Waals surface area (Å²) in [5.74, 6) is 0.134. The van der Waals surface area contributed by atoms with Crippen LogP contribution < -0.4 is 0 Å². The number of carbonyl (C=O) groups excluding carboxylic acids is 1. The van der Waals surface area contributed by atoms with Crippen LogP contribution in [0.1, 0.15) is 41.5 Å². The van der Waals surface area contributed by atoms with Crippen LogP contribution in [0.25, 0.3) is 0 Å². The van der Waals surface area contributed by atoms with Crippen molar-refractivity contribution in [3.63, 3.8) is 0 Å². The molecule has 18 heavy (non-hydrogen) atoms. The van der Waals surface area contributed by atoms with Crippen molar-refractivity contribution in [3.05, 3.63) is 23.0 Å². The Bertz CT molecular complexity index is 449. The SMILES string of the molecule is Cc1cc(C(=O)CN2CCCC(C)(O)C2)c(C)[nH]1. The molecule has 0 saturated carbocycles. The van der Waals surface area contributed by atoms with Crippen LogP contribution in [0, 0.1) is 13.8 Å². The van der Waals surface area contributed by atoms with Gasteiger partial charge in [-0.25, -0.2) is 0 Å². The Morgan fingerprint density at radius 2 is 2.28 bits per heavy atom. The van der Waals surface area contributed by atoms with E-state index in [1.54, 1.807) is 0 Å². The second-order valence-electron chi connectivity index (χ2n) is 5.73.